The van der Waals surface area contributed by atoms with E-state index in [-0.39, 0.29) is 18.0 Å². The van der Waals surface area contributed by atoms with E-state index < -0.39 is 11.5 Å². The van der Waals surface area contributed by atoms with Crippen molar-refractivity contribution in [1.29, 1.82) is 0 Å². The molecule has 2 aliphatic heterocycles. The Hall–Kier alpha value is -2.77. The molecule has 1 atom stereocenters. The molecular weight excluding hydrogens is 350 g/mol. The van der Waals surface area contributed by atoms with Crippen LogP contribution in [-0.2, 0) is 16.0 Å². The number of carbonyl (C=O) groups is 3. The zero-order valence-electron chi connectivity index (χ0n) is 15.8. The van der Waals surface area contributed by atoms with Gasteiger partial charge in [0, 0.05) is 31.9 Å². The topological polar surface area (TPSA) is 90.4 Å². The first-order valence-electron chi connectivity index (χ1n) is 8.96. The van der Waals surface area contributed by atoms with E-state index in [4.69, 9.17) is 9.84 Å². The Kier molecular flexibility index (Phi) is 4.99. The van der Waals surface area contributed by atoms with Crippen LogP contribution in [0.1, 0.15) is 19.4 Å². The van der Waals surface area contributed by atoms with Gasteiger partial charge in [-0.05, 0) is 38.0 Å². The SMILES string of the molecule is COC(=O)C(C)(C)Cc1ccc(N2C[C@@H]3CN(C(=O)O)CCN3C2=O)cc1. The number of urea groups is 1. The Balaban J connectivity index is 1.70. The maximum atomic E-state index is 12.7. The van der Waals surface area contributed by atoms with Gasteiger partial charge in [-0.1, -0.05) is 12.1 Å². The minimum absolute atomic E-state index is 0.0901. The van der Waals surface area contributed by atoms with Gasteiger partial charge in [0.25, 0.3) is 0 Å². The number of benzene rings is 1. The predicted octanol–water partition coefficient (Wildman–Crippen LogP) is 2.03. The number of rotatable bonds is 4. The monoisotopic (exact) mass is 375 g/mol. The molecule has 0 unspecified atom stereocenters. The number of fused-ring (bicyclic) bond motifs is 1. The third kappa shape index (κ3) is 3.70. The van der Waals surface area contributed by atoms with Gasteiger partial charge >= 0.3 is 18.1 Å². The van der Waals surface area contributed by atoms with Gasteiger partial charge in [0.1, 0.15) is 0 Å². The van der Waals surface area contributed by atoms with Gasteiger partial charge < -0.3 is 19.6 Å². The minimum Gasteiger partial charge on any atom is -0.469 e. The standard InChI is InChI=1S/C19H25N3O5/c1-19(2,16(23)27-3)10-13-4-6-14(7-5-13)22-12-15-11-20(18(25)26)8-9-21(15)17(22)24/h4-7,15H,8-12H2,1-3H3,(H,25,26)/t15-/m0/s1. The summed E-state index contributed by atoms with van der Waals surface area (Å²) in [6.45, 7) is 5.23. The van der Waals surface area contributed by atoms with Gasteiger partial charge in [0.15, 0.2) is 0 Å². The van der Waals surface area contributed by atoms with Gasteiger partial charge in [-0.3, -0.25) is 9.69 Å². The maximum Gasteiger partial charge on any atom is 0.407 e. The fraction of sp³-hybridized carbons (Fsp3) is 0.526. The van der Waals surface area contributed by atoms with Crippen molar-refractivity contribution in [3.05, 3.63) is 29.8 Å². The number of hydrogen-bond acceptors (Lipinski definition) is 4. The van der Waals surface area contributed by atoms with Crippen molar-refractivity contribution < 1.29 is 24.2 Å². The van der Waals surface area contributed by atoms with Crippen LogP contribution in [0.25, 0.3) is 0 Å². The molecule has 3 rings (SSSR count). The highest BCUT2D eigenvalue weighted by molar-refractivity contribution is 5.95. The molecule has 0 bridgehead atoms. The molecular formula is C19H25N3O5. The van der Waals surface area contributed by atoms with E-state index in [2.05, 4.69) is 0 Å². The van der Waals surface area contributed by atoms with E-state index in [0.29, 0.717) is 32.6 Å². The van der Waals surface area contributed by atoms with Crippen LogP contribution in [0.5, 0.6) is 0 Å². The second-order valence-corrected chi connectivity index (χ2v) is 7.69. The average Bonchev–Trinajstić information content (AvgIpc) is 2.97. The fourth-order valence-corrected chi connectivity index (χ4v) is 3.75. The van der Waals surface area contributed by atoms with Crippen molar-refractivity contribution in [1.82, 2.24) is 9.80 Å². The van der Waals surface area contributed by atoms with Crippen LogP contribution >= 0.6 is 0 Å². The predicted molar refractivity (Wildman–Crippen MR) is 98.8 cm³/mol. The average molecular weight is 375 g/mol. The summed E-state index contributed by atoms with van der Waals surface area (Å²) in [7, 11) is 1.38. The highest BCUT2D eigenvalue weighted by Crippen LogP contribution is 2.29. The number of esters is 1. The summed E-state index contributed by atoms with van der Waals surface area (Å²) in [4.78, 5) is 40.5. The summed E-state index contributed by atoms with van der Waals surface area (Å²) in [6.07, 6.45) is -0.408. The van der Waals surface area contributed by atoms with Crippen molar-refractivity contribution in [2.24, 2.45) is 5.41 Å². The van der Waals surface area contributed by atoms with E-state index in [1.807, 2.05) is 38.1 Å². The van der Waals surface area contributed by atoms with Gasteiger partial charge in [-0.15, -0.1) is 0 Å². The molecule has 8 heteroatoms. The highest BCUT2D eigenvalue weighted by Gasteiger charge is 2.42. The van der Waals surface area contributed by atoms with Crippen molar-refractivity contribution >= 4 is 23.8 Å². The number of carboxylic acid groups (broad SMARTS) is 1. The Bertz CT molecular complexity index is 746. The lowest BCUT2D eigenvalue weighted by Gasteiger charge is -2.34. The summed E-state index contributed by atoms with van der Waals surface area (Å²) >= 11 is 0. The Morgan fingerprint density at radius 3 is 2.44 bits per heavy atom. The lowest BCUT2D eigenvalue weighted by molar-refractivity contribution is -0.150. The van der Waals surface area contributed by atoms with Crippen LogP contribution in [-0.4, -0.2) is 72.3 Å². The first kappa shape index (κ1) is 19.0. The molecule has 2 aliphatic rings. The molecule has 1 aromatic rings. The van der Waals surface area contributed by atoms with Crippen molar-refractivity contribution in [3.8, 4) is 0 Å². The van der Waals surface area contributed by atoms with E-state index >= 15 is 0 Å². The maximum absolute atomic E-state index is 12.7. The second-order valence-electron chi connectivity index (χ2n) is 7.69. The van der Waals surface area contributed by atoms with Crippen molar-refractivity contribution in [3.63, 3.8) is 0 Å². The number of amides is 3. The van der Waals surface area contributed by atoms with Gasteiger partial charge in [-0.25, -0.2) is 9.59 Å². The Morgan fingerprint density at radius 2 is 1.85 bits per heavy atom. The lowest BCUT2D eigenvalue weighted by atomic mass is 9.86. The first-order valence-corrected chi connectivity index (χ1v) is 8.96. The summed E-state index contributed by atoms with van der Waals surface area (Å²) in [5.41, 5.74) is 1.13. The summed E-state index contributed by atoms with van der Waals surface area (Å²) in [5, 5.41) is 9.16. The molecule has 2 fully saturated rings. The van der Waals surface area contributed by atoms with Gasteiger partial charge in [0.05, 0.1) is 18.6 Å². The lowest BCUT2D eigenvalue weighted by Crippen LogP contribution is -2.53. The molecule has 27 heavy (non-hydrogen) atoms. The quantitative estimate of drug-likeness (QED) is 0.813. The normalized spacial score (nSPS) is 19.9. The third-order valence-corrected chi connectivity index (χ3v) is 5.26. The molecule has 1 N–H and O–H groups in total. The molecule has 0 radical (unpaired) electrons. The van der Waals surface area contributed by atoms with Crippen LogP contribution in [0.3, 0.4) is 0 Å². The number of ether oxygens (including phenoxy) is 1. The number of carbonyl (C=O) groups excluding carboxylic acids is 2. The molecule has 0 saturated carbocycles. The summed E-state index contributed by atoms with van der Waals surface area (Å²) in [5.74, 6) is -0.263. The highest BCUT2D eigenvalue weighted by atomic mass is 16.5. The van der Waals surface area contributed by atoms with E-state index in [1.165, 1.54) is 12.0 Å². The number of nitrogens with zero attached hydrogens (tertiary/aromatic N) is 3. The zero-order valence-corrected chi connectivity index (χ0v) is 15.8. The molecule has 2 heterocycles. The fourth-order valence-electron chi connectivity index (χ4n) is 3.75. The molecule has 0 aliphatic carbocycles. The molecule has 1 aromatic carbocycles. The van der Waals surface area contributed by atoms with E-state index in [0.717, 1.165) is 11.3 Å². The van der Waals surface area contributed by atoms with Crippen LogP contribution in [0.4, 0.5) is 15.3 Å². The molecule has 0 aromatic heterocycles. The van der Waals surface area contributed by atoms with Gasteiger partial charge in [0.2, 0.25) is 0 Å². The van der Waals surface area contributed by atoms with E-state index in [9.17, 15) is 14.4 Å². The summed E-state index contributed by atoms with van der Waals surface area (Å²) in [6, 6.07) is 7.35. The Morgan fingerprint density at radius 1 is 1.19 bits per heavy atom. The van der Waals surface area contributed by atoms with Crippen molar-refractivity contribution in [2.75, 3.05) is 38.2 Å². The molecule has 3 amide bonds. The molecule has 146 valence electrons. The van der Waals surface area contributed by atoms with Gasteiger partial charge in [-0.2, -0.15) is 0 Å². The first-order chi connectivity index (χ1) is 12.7. The number of methoxy groups -OCH3 is 1. The largest absolute Gasteiger partial charge is 0.469 e. The zero-order chi connectivity index (χ0) is 19.8. The number of hydrogen-bond donors (Lipinski definition) is 1. The van der Waals surface area contributed by atoms with E-state index in [1.54, 1.807) is 9.80 Å². The third-order valence-electron chi connectivity index (χ3n) is 5.26. The Labute approximate surface area is 158 Å². The number of anilines is 1. The second kappa shape index (κ2) is 7.09. The smallest absolute Gasteiger partial charge is 0.407 e. The molecule has 2 saturated heterocycles. The van der Waals surface area contributed by atoms with Crippen LogP contribution < -0.4 is 4.90 Å². The van der Waals surface area contributed by atoms with Crippen molar-refractivity contribution in [2.45, 2.75) is 26.3 Å². The molecule has 0 spiro atoms. The van der Waals surface area contributed by atoms with Crippen LogP contribution in [0.15, 0.2) is 24.3 Å². The minimum atomic E-state index is -0.946. The molecule has 8 nitrogen and oxygen atoms in total. The van der Waals surface area contributed by atoms with Crippen LogP contribution in [0.2, 0.25) is 0 Å². The summed E-state index contributed by atoms with van der Waals surface area (Å²) < 4.78 is 4.84. The van der Waals surface area contributed by atoms with Crippen LogP contribution in [0, 0.1) is 5.41 Å². The number of piperazine rings is 1.